The average Bonchev–Trinajstić information content (AvgIpc) is 2.86. The molecule has 20 heavy (non-hydrogen) atoms. The molecule has 0 bridgehead atoms. The first-order valence-electron chi connectivity index (χ1n) is 7.07. The van der Waals surface area contributed by atoms with Gasteiger partial charge in [0.25, 0.3) is 0 Å². The summed E-state index contributed by atoms with van der Waals surface area (Å²) >= 11 is 1.80. The number of likely N-dealkylation sites (tertiary alicyclic amines) is 1. The number of hydrogen-bond donors (Lipinski definition) is 1. The van der Waals surface area contributed by atoms with Gasteiger partial charge in [0.2, 0.25) is 11.8 Å². The highest BCUT2D eigenvalue weighted by Crippen LogP contribution is 2.22. The van der Waals surface area contributed by atoms with Crippen LogP contribution in [0.15, 0.2) is 6.07 Å². The van der Waals surface area contributed by atoms with Gasteiger partial charge in [0.1, 0.15) is 6.04 Å². The Bertz CT molecular complexity index is 510. The molecule has 0 aromatic carbocycles. The number of thiophene rings is 1. The fourth-order valence-electron chi connectivity index (χ4n) is 2.59. The number of hydrogen-bond acceptors (Lipinski definition) is 3. The normalized spacial score (nSPS) is 18.6. The number of amides is 2. The summed E-state index contributed by atoms with van der Waals surface area (Å²) < 4.78 is 0. The lowest BCUT2D eigenvalue weighted by molar-refractivity contribution is -0.131. The largest absolute Gasteiger partial charge is 0.344 e. The third kappa shape index (κ3) is 3.60. The molecule has 5 heteroatoms. The fourth-order valence-corrected chi connectivity index (χ4v) is 3.57. The van der Waals surface area contributed by atoms with Crippen molar-refractivity contribution in [3.8, 4) is 0 Å². The van der Waals surface area contributed by atoms with Crippen molar-refractivity contribution >= 4 is 23.2 Å². The zero-order valence-corrected chi connectivity index (χ0v) is 13.2. The molecule has 0 radical (unpaired) electrons. The van der Waals surface area contributed by atoms with E-state index >= 15 is 0 Å². The molecule has 0 spiro atoms. The van der Waals surface area contributed by atoms with Crippen LogP contribution in [0.5, 0.6) is 0 Å². The molecule has 1 aliphatic heterocycles. The third-order valence-electron chi connectivity index (χ3n) is 3.76. The van der Waals surface area contributed by atoms with Gasteiger partial charge in [-0.2, -0.15) is 0 Å². The SMILES string of the molecule is Cc1cc(CCCC(=O)NC2CCN(C)C2=O)c(C)s1. The molecule has 0 aliphatic carbocycles. The second-order valence-corrected chi connectivity index (χ2v) is 6.92. The number of carbonyl (C=O) groups excluding carboxylic acids is 2. The second kappa shape index (κ2) is 6.39. The van der Waals surface area contributed by atoms with E-state index in [0.717, 1.165) is 25.8 Å². The Balaban J connectivity index is 1.73. The van der Waals surface area contributed by atoms with Gasteiger partial charge in [-0.3, -0.25) is 9.59 Å². The van der Waals surface area contributed by atoms with Crippen molar-refractivity contribution in [2.45, 2.75) is 45.6 Å². The predicted molar refractivity (Wildman–Crippen MR) is 80.9 cm³/mol. The number of rotatable bonds is 5. The molecular formula is C15H22N2O2S. The van der Waals surface area contributed by atoms with Crippen LogP contribution < -0.4 is 5.32 Å². The average molecular weight is 294 g/mol. The summed E-state index contributed by atoms with van der Waals surface area (Å²) in [5.41, 5.74) is 1.34. The summed E-state index contributed by atoms with van der Waals surface area (Å²) in [6.45, 7) is 4.97. The number of aryl methyl sites for hydroxylation is 3. The molecule has 1 atom stereocenters. The van der Waals surface area contributed by atoms with Crippen LogP contribution in [0, 0.1) is 13.8 Å². The molecule has 2 rings (SSSR count). The molecule has 1 aromatic rings. The van der Waals surface area contributed by atoms with Crippen molar-refractivity contribution in [2.24, 2.45) is 0 Å². The van der Waals surface area contributed by atoms with E-state index in [4.69, 9.17) is 0 Å². The Morgan fingerprint density at radius 3 is 2.80 bits per heavy atom. The Morgan fingerprint density at radius 1 is 1.50 bits per heavy atom. The monoisotopic (exact) mass is 294 g/mol. The summed E-state index contributed by atoms with van der Waals surface area (Å²) in [6, 6.07) is 1.89. The molecule has 2 heterocycles. The van der Waals surface area contributed by atoms with E-state index in [0.29, 0.717) is 6.42 Å². The standard InChI is InChI=1S/C15H22N2O2S/c1-10-9-12(11(2)20-10)5-4-6-14(18)16-13-7-8-17(3)15(13)19/h9,13H,4-8H2,1-3H3,(H,16,18). The number of carbonyl (C=O) groups is 2. The maximum absolute atomic E-state index is 11.9. The zero-order chi connectivity index (χ0) is 14.7. The van der Waals surface area contributed by atoms with Gasteiger partial charge in [-0.25, -0.2) is 0 Å². The van der Waals surface area contributed by atoms with Gasteiger partial charge < -0.3 is 10.2 Å². The van der Waals surface area contributed by atoms with Gasteiger partial charge in [-0.05, 0) is 44.7 Å². The lowest BCUT2D eigenvalue weighted by Gasteiger charge is -2.12. The van der Waals surface area contributed by atoms with Crippen LogP contribution in [0.25, 0.3) is 0 Å². The lowest BCUT2D eigenvalue weighted by atomic mass is 10.1. The van der Waals surface area contributed by atoms with Gasteiger partial charge in [-0.1, -0.05) is 0 Å². The van der Waals surface area contributed by atoms with Crippen LogP contribution in [-0.4, -0.2) is 36.3 Å². The third-order valence-corrected chi connectivity index (χ3v) is 4.76. The lowest BCUT2D eigenvalue weighted by Crippen LogP contribution is -2.40. The van der Waals surface area contributed by atoms with Crippen molar-refractivity contribution < 1.29 is 9.59 Å². The minimum atomic E-state index is -0.308. The maximum atomic E-state index is 11.9. The van der Waals surface area contributed by atoms with Crippen LogP contribution in [0.4, 0.5) is 0 Å². The smallest absolute Gasteiger partial charge is 0.244 e. The molecule has 1 saturated heterocycles. The van der Waals surface area contributed by atoms with Crippen LogP contribution >= 0.6 is 11.3 Å². The quantitative estimate of drug-likeness (QED) is 0.903. The van der Waals surface area contributed by atoms with E-state index in [1.165, 1.54) is 15.3 Å². The van der Waals surface area contributed by atoms with Crippen molar-refractivity contribution in [1.29, 1.82) is 0 Å². The Hall–Kier alpha value is -1.36. The second-order valence-electron chi connectivity index (χ2n) is 5.46. The van der Waals surface area contributed by atoms with E-state index in [1.54, 1.807) is 23.3 Å². The first-order chi connectivity index (χ1) is 9.47. The molecule has 0 saturated carbocycles. The summed E-state index contributed by atoms with van der Waals surface area (Å²) in [5.74, 6) is 0.0194. The van der Waals surface area contributed by atoms with E-state index in [9.17, 15) is 9.59 Å². The van der Waals surface area contributed by atoms with Crippen molar-refractivity contribution in [3.05, 3.63) is 21.4 Å². The van der Waals surface area contributed by atoms with E-state index in [2.05, 4.69) is 25.2 Å². The molecule has 1 fully saturated rings. The highest BCUT2D eigenvalue weighted by atomic mass is 32.1. The van der Waals surface area contributed by atoms with E-state index in [1.807, 2.05) is 0 Å². The molecule has 2 amide bonds. The number of likely N-dealkylation sites (N-methyl/N-ethyl adjacent to an activating group) is 1. The molecular weight excluding hydrogens is 272 g/mol. The summed E-state index contributed by atoms with van der Waals surface area (Å²) in [6.07, 6.45) is 2.98. The van der Waals surface area contributed by atoms with Gasteiger partial charge in [0, 0.05) is 29.8 Å². The van der Waals surface area contributed by atoms with Crippen molar-refractivity contribution in [2.75, 3.05) is 13.6 Å². The number of nitrogens with one attached hydrogen (secondary N) is 1. The minimum Gasteiger partial charge on any atom is -0.344 e. The maximum Gasteiger partial charge on any atom is 0.244 e. The first-order valence-corrected chi connectivity index (χ1v) is 7.89. The van der Waals surface area contributed by atoms with Crippen LogP contribution in [-0.2, 0) is 16.0 Å². The summed E-state index contributed by atoms with van der Waals surface area (Å²) in [5, 5.41) is 2.84. The Morgan fingerprint density at radius 2 is 2.25 bits per heavy atom. The van der Waals surface area contributed by atoms with Gasteiger partial charge in [0.05, 0.1) is 0 Å². The Kier molecular flexibility index (Phi) is 4.81. The molecule has 1 aromatic heterocycles. The highest BCUT2D eigenvalue weighted by molar-refractivity contribution is 7.12. The van der Waals surface area contributed by atoms with E-state index < -0.39 is 0 Å². The Labute approximate surface area is 124 Å². The van der Waals surface area contributed by atoms with Crippen molar-refractivity contribution in [1.82, 2.24) is 10.2 Å². The highest BCUT2D eigenvalue weighted by Gasteiger charge is 2.29. The first kappa shape index (κ1) is 15.0. The van der Waals surface area contributed by atoms with Crippen LogP contribution in [0.3, 0.4) is 0 Å². The predicted octanol–water partition coefficient (Wildman–Crippen LogP) is 2.03. The number of nitrogens with zero attached hydrogens (tertiary/aromatic N) is 1. The van der Waals surface area contributed by atoms with Gasteiger partial charge in [-0.15, -0.1) is 11.3 Å². The summed E-state index contributed by atoms with van der Waals surface area (Å²) in [7, 11) is 1.77. The molecule has 4 nitrogen and oxygen atoms in total. The van der Waals surface area contributed by atoms with Crippen molar-refractivity contribution in [3.63, 3.8) is 0 Å². The molecule has 110 valence electrons. The topological polar surface area (TPSA) is 49.4 Å². The molecule has 1 aliphatic rings. The minimum absolute atomic E-state index is 0.0109. The summed E-state index contributed by atoms with van der Waals surface area (Å²) in [4.78, 5) is 27.9. The van der Waals surface area contributed by atoms with Crippen LogP contribution in [0.2, 0.25) is 0 Å². The van der Waals surface area contributed by atoms with Gasteiger partial charge in [0.15, 0.2) is 0 Å². The molecule has 1 N–H and O–H groups in total. The van der Waals surface area contributed by atoms with Crippen LogP contribution in [0.1, 0.15) is 34.6 Å². The molecule has 1 unspecified atom stereocenters. The van der Waals surface area contributed by atoms with E-state index in [-0.39, 0.29) is 17.9 Å². The fraction of sp³-hybridized carbons (Fsp3) is 0.600. The zero-order valence-electron chi connectivity index (χ0n) is 12.4. The van der Waals surface area contributed by atoms with Gasteiger partial charge >= 0.3 is 0 Å².